The number of aliphatic carboxylic acids is 1. The first-order chi connectivity index (χ1) is 9.54. The van der Waals surface area contributed by atoms with Gasteiger partial charge in [0.25, 0.3) is 0 Å². The van der Waals surface area contributed by atoms with Crippen LogP contribution >= 0.6 is 0 Å². The number of aryl methyl sites for hydroxylation is 1. The number of urea groups is 1. The van der Waals surface area contributed by atoms with E-state index in [1.54, 1.807) is 18.0 Å². The normalized spacial score (nSPS) is 16.1. The van der Waals surface area contributed by atoms with Gasteiger partial charge in [-0.3, -0.25) is 4.79 Å². The summed E-state index contributed by atoms with van der Waals surface area (Å²) in [5, 5.41) is 11.5. The van der Waals surface area contributed by atoms with Crippen molar-refractivity contribution in [3.8, 4) is 0 Å². The minimum Gasteiger partial charge on any atom is -0.481 e. The summed E-state index contributed by atoms with van der Waals surface area (Å²) >= 11 is 0. The monoisotopic (exact) mass is 281 g/mol. The molecule has 0 aromatic carbocycles. The number of rotatable bonds is 4. The lowest BCUT2D eigenvalue weighted by molar-refractivity contribution is -0.138. The fourth-order valence-corrected chi connectivity index (χ4v) is 2.33. The second kappa shape index (κ2) is 6.40. The molecule has 2 heterocycles. The van der Waals surface area contributed by atoms with Crippen LogP contribution in [0.4, 0.5) is 4.79 Å². The Morgan fingerprint density at radius 3 is 2.75 bits per heavy atom. The third-order valence-corrected chi connectivity index (χ3v) is 3.43. The molecule has 2 rings (SSSR count). The number of carbonyl (C=O) groups excluding carboxylic acids is 1. The maximum Gasteiger partial charge on any atom is 0.317 e. The summed E-state index contributed by atoms with van der Waals surface area (Å²) in [5.74, 6) is 0.596. The number of likely N-dealkylation sites (tertiary alicyclic amines) is 1. The Kier molecular flexibility index (Phi) is 4.60. The molecule has 1 aromatic rings. The quantitative estimate of drug-likeness (QED) is 0.869. The summed E-state index contributed by atoms with van der Waals surface area (Å²) in [4.78, 5) is 28.3. The number of nitrogens with zero attached hydrogens (tertiary/aromatic N) is 2. The Morgan fingerprint density at radius 1 is 1.50 bits per heavy atom. The van der Waals surface area contributed by atoms with Crippen LogP contribution in [0.15, 0.2) is 10.6 Å². The Labute approximate surface area is 117 Å². The third kappa shape index (κ3) is 3.97. The molecule has 0 saturated carbocycles. The Bertz CT molecular complexity index is 478. The van der Waals surface area contributed by atoms with E-state index in [9.17, 15) is 9.59 Å². The van der Waals surface area contributed by atoms with Gasteiger partial charge in [0, 0.05) is 19.5 Å². The highest BCUT2D eigenvalue weighted by Gasteiger charge is 2.24. The molecule has 1 aromatic heterocycles. The highest BCUT2D eigenvalue weighted by atomic mass is 16.4. The lowest BCUT2D eigenvalue weighted by Crippen LogP contribution is -2.44. The van der Waals surface area contributed by atoms with Crippen molar-refractivity contribution in [1.82, 2.24) is 15.2 Å². The predicted molar refractivity (Wildman–Crippen MR) is 70.0 cm³/mol. The van der Waals surface area contributed by atoms with Crippen molar-refractivity contribution in [3.63, 3.8) is 0 Å². The second-order valence-corrected chi connectivity index (χ2v) is 5.05. The number of amides is 2. The first-order valence-corrected chi connectivity index (χ1v) is 6.70. The largest absolute Gasteiger partial charge is 0.481 e. The molecule has 20 heavy (non-hydrogen) atoms. The van der Waals surface area contributed by atoms with Crippen molar-refractivity contribution < 1.29 is 19.1 Å². The van der Waals surface area contributed by atoms with Crippen molar-refractivity contribution in [2.45, 2.75) is 32.7 Å². The number of hydrogen-bond donors (Lipinski definition) is 2. The molecule has 1 aliphatic rings. The summed E-state index contributed by atoms with van der Waals surface area (Å²) in [6.07, 6.45) is 3.26. The first kappa shape index (κ1) is 14.4. The van der Waals surface area contributed by atoms with E-state index < -0.39 is 5.97 Å². The molecule has 0 atom stereocenters. The smallest absolute Gasteiger partial charge is 0.317 e. The number of carbonyl (C=O) groups is 2. The standard InChI is InChI=1S/C13H19N3O4/c1-9-7-14-11(20-9)8-15-13(19)16-4-2-10(3-5-16)6-12(17)18/h7,10H,2-6,8H2,1H3,(H,15,19)(H,17,18). The van der Waals surface area contributed by atoms with Gasteiger partial charge >= 0.3 is 12.0 Å². The Balaban J connectivity index is 1.73. The summed E-state index contributed by atoms with van der Waals surface area (Å²) in [5.41, 5.74) is 0. The molecule has 1 fully saturated rings. The van der Waals surface area contributed by atoms with E-state index in [1.807, 2.05) is 0 Å². The summed E-state index contributed by atoms with van der Waals surface area (Å²) in [6, 6.07) is -0.158. The molecule has 0 unspecified atom stereocenters. The average molecular weight is 281 g/mol. The fourth-order valence-electron chi connectivity index (χ4n) is 2.33. The molecular weight excluding hydrogens is 262 g/mol. The van der Waals surface area contributed by atoms with Gasteiger partial charge in [0.1, 0.15) is 5.76 Å². The van der Waals surface area contributed by atoms with Crippen LogP contribution in [0, 0.1) is 12.8 Å². The molecule has 7 nitrogen and oxygen atoms in total. The van der Waals surface area contributed by atoms with Crippen LogP contribution < -0.4 is 5.32 Å². The van der Waals surface area contributed by atoms with Crippen molar-refractivity contribution in [1.29, 1.82) is 0 Å². The van der Waals surface area contributed by atoms with E-state index in [1.165, 1.54) is 0 Å². The Morgan fingerprint density at radius 2 is 2.20 bits per heavy atom. The van der Waals surface area contributed by atoms with Crippen LogP contribution in [0.25, 0.3) is 0 Å². The number of carboxylic acid groups (broad SMARTS) is 1. The second-order valence-electron chi connectivity index (χ2n) is 5.05. The molecule has 0 spiro atoms. The van der Waals surface area contributed by atoms with Gasteiger partial charge in [-0.05, 0) is 25.7 Å². The van der Waals surface area contributed by atoms with Crippen LogP contribution in [0.2, 0.25) is 0 Å². The average Bonchev–Trinajstić information content (AvgIpc) is 2.82. The highest BCUT2D eigenvalue weighted by molar-refractivity contribution is 5.74. The molecule has 0 bridgehead atoms. The zero-order chi connectivity index (χ0) is 14.5. The van der Waals surface area contributed by atoms with Gasteiger partial charge in [0.05, 0.1) is 12.7 Å². The number of aromatic nitrogens is 1. The van der Waals surface area contributed by atoms with Crippen LogP contribution in [-0.2, 0) is 11.3 Å². The molecule has 110 valence electrons. The number of piperidine rings is 1. The van der Waals surface area contributed by atoms with E-state index in [4.69, 9.17) is 9.52 Å². The molecule has 2 N–H and O–H groups in total. The summed E-state index contributed by atoms with van der Waals surface area (Å²) in [6.45, 7) is 3.25. The molecule has 1 aliphatic heterocycles. The van der Waals surface area contributed by atoms with Gasteiger partial charge in [0.2, 0.25) is 5.89 Å². The van der Waals surface area contributed by atoms with Crippen molar-refractivity contribution in [2.75, 3.05) is 13.1 Å². The van der Waals surface area contributed by atoms with Crippen molar-refractivity contribution in [3.05, 3.63) is 17.8 Å². The third-order valence-electron chi connectivity index (χ3n) is 3.43. The minimum atomic E-state index is -0.771. The van der Waals surface area contributed by atoms with Crippen LogP contribution in [0.3, 0.4) is 0 Å². The number of oxazole rings is 1. The zero-order valence-electron chi connectivity index (χ0n) is 11.5. The van der Waals surface area contributed by atoms with E-state index in [0.29, 0.717) is 24.7 Å². The SMILES string of the molecule is Cc1cnc(CNC(=O)N2CCC(CC(=O)O)CC2)o1. The predicted octanol–water partition coefficient (Wildman–Crippen LogP) is 1.38. The number of nitrogens with one attached hydrogen (secondary N) is 1. The minimum absolute atomic E-state index is 0.158. The van der Waals surface area contributed by atoms with E-state index in [2.05, 4.69) is 10.3 Å². The number of hydrogen-bond acceptors (Lipinski definition) is 4. The lowest BCUT2D eigenvalue weighted by atomic mass is 9.94. The van der Waals surface area contributed by atoms with E-state index in [0.717, 1.165) is 12.8 Å². The van der Waals surface area contributed by atoms with Crippen molar-refractivity contribution in [2.24, 2.45) is 5.92 Å². The maximum atomic E-state index is 11.9. The zero-order valence-corrected chi connectivity index (χ0v) is 11.5. The van der Waals surface area contributed by atoms with Gasteiger partial charge in [-0.2, -0.15) is 0 Å². The molecule has 2 amide bonds. The highest BCUT2D eigenvalue weighted by Crippen LogP contribution is 2.20. The van der Waals surface area contributed by atoms with E-state index >= 15 is 0 Å². The molecule has 0 radical (unpaired) electrons. The summed E-state index contributed by atoms with van der Waals surface area (Å²) < 4.78 is 5.27. The van der Waals surface area contributed by atoms with Gasteiger partial charge in [-0.25, -0.2) is 9.78 Å². The topological polar surface area (TPSA) is 95.7 Å². The molecule has 0 aliphatic carbocycles. The molecular formula is C13H19N3O4. The maximum absolute atomic E-state index is 11.9. The first-order valence-electron chi connectivity index (χ1n) is 6.70. The van der Waals surface area contributed by atoms with Crippen LogP contribution in [0.5, 0.6) is 0 Å². The molecule has 7 heteroatoms. The number of carboxylic acids is 1. The van der Waals surface area contributed by atoms with Gasteiger partial charge < -0.3 is 19.7 Å². The van der Waals surface area contributed by atoms with Crippen molar-refractivity contribution >= 4 is 12.0 Å². The Hall–Kier alpha value is -2.05. The molecule has 1 saturated heterocycles. The fraction of sp³-hybridized carbons (Fsp3) is 0.615. The van der Waals surface area contributed by atoms with Crippen LogP contribution in [-0.4, -0.2) is 40.1 Å². The van der Waals surface area contributed by atoms with Gasteiger partial charge in [-0.15, -0.1) is 0 Å². The van der Waals surface area contributed by atoms with E-state index in [-0.39, 0.29) is 24.9 Å². The van der Waals surface area contributed by atoms with Gasteiger partial charge in [0.15, 0.2) is 0 Å². The lowest BCUT2D eigenvalue weighted by Gasteiger charge is -2.31. The summed E-state index contributed by atoms with van der Waals surface area (Å²) in [7, 11) is 0. The van der Waals surface area contributed by atoms with Gasteiger partial charge in [-0.1, -0.05) is 0 Å². The van der Waals surface area contributed by atoms with Crippen LogP contribution in [0.1, 0.15) is 30.9 Å².